The van der Waals surface area contributed by atoms with E-state index in [1.54, 1.807) is 19.1 Å². The van der Waals surface area contributed by atoms with Crippen molar-refractivity contribution in [1.29, 1.82) is 0 Å². The van der Waals surface area contributed by atoms with Crippen molar-refractivity contribution >= 4 is 15.8 Å². The van der Waals surface area contributed by atoms with Crippen molar-refractivity contribution in [3.05, 3.63) is 36.3 Å². The molecule has 1 heterocycles. The molecule has 0 unspecified atom stereocenters. The second-order valence-electron chi connectivity index (χ2n) is 4.14. The van der Waals surface area contributed by atoms with Crippen LogP contribution in [0, 0.1) is 0 Å². The number of carbonyl (C=O) groups excluding carboxylic acids is 1. The summed E-state index contributed by atoms with van der Waals surface area (Å²) >= 11 is 0. The van der Waals surface area contributed by atoms with E-state index in [2.05, 4.69) is 9.97 Å². The van der Waals surface area contributed by atoms with Crippen molar-refractivity contribution in [3.8, 4) is 11.3 Å². The number of sulfone groups is 1. The van der Waals surface area contributed by atoms with Crippen LogP contribution in [0.5, 0.6) is 0 Å². The minimum Gasteiger partial charge on any atom is -0.461 e. The van der Waals surface area contributed by atoms with Gasteiger partial charge in [-0.3, -0.25) is 0 Å². The number of hydrogen-bond acceptors (Lipinski definition) is 5. The molecule has 0 atom stereocenters. The lowest BCUT2D eigenvalue weighted by Crippen LogP contribution is -2.06. The van der Waals surface area contributed by atoms with Crippen molar-refractivity contribution in [2.45, 2.75) is 11.8 Å². The first-order valence-electron chi connectivity index (χ1n) is 5.94. The Labute approximate surface area is 116 Å². The molecule has 0 fully saturated rings. The second-order valence-corrected chi connectivity index (χ2v) is 6.16. The van der Waals surface area contributed by atoms with E-state index in [1.165, 1.54) is 18.5 Å². The molecule has 0 saturated carbocycles. The van der Waals surface area contributed by atoms with Gasteiger partial charge in [0.2, 0.25) is 0 Å². The average Bonchev–Trinajstić information content (AvgIpc) is 2.87. The number of aromatic amines is 1. The van der Waals surface area contributed by atoms with E-state index in [0.717, 1.165) is 6.26 Å². The highest BCUT2D eigenvalue weighted by Gasteiger charge is 2.17. The molecule has 1 aromatic carbocycles. The quantitative estimate of drug-likeness (QED) is 0.866. The number of H-pyrrole nitrogens is 1. The molecule has 20 heavy (non-hydrogen) atoms. The predicted molar refractivity (Wildman–Crippen MR) is 73.1 cm³/mol. The lowest BCUT2D eigenvalue weighted by molar-refractivity contribution is 0.0521. The Morgan fingerprint density at radius 1 is 1.30 bits per heavy atom. The van der Waals surface area contributed by atoms with E-state index in [1.807, 2.05) is 0 Å². The monoisotopic (exact) mass is 294 g/mol. The van der Waals surface area contributed by atoms with E-state index < -0.39 is 15.8 Å². The molecule has 7 heteroatoms. The Balaban J connectivity index is 2.38. The molecule has 0 radical (unpaired) electrons. The molecular formula is C13H14N2O4S. The van der Waals surface area contributed by atoms with Crippen LogP contribution in [0.1, 0.15) is 17.4 Å². The SMILES string of the molecule is CCOC(=O)c1[nH]cnc1-c1ccc(S(C)(=O)=O)cc1. The maximum absolute atomic E-state index is 11.7. The Morgan fingerprint density at radius 2 is 1.95 bits per heavy atom. The maximum atomic E-state index is 11.7. The lowest BCUT2D eigenvalue weighted by atomic mass is 10.1. The summed E-state index contributed by atoms with van der Waals surface area (Å²) in [5.74, 6) is -0.493. The number of nitrogens with zero attached hydrogens (tertiary/aromatic N) is 1. The van der Waals surface area contributed by atoms with Gasteiger partial charge in [-0.05, 0) is 19.1 Å². The molecule has 0 aliphatic heterocycles. The van der Waals surface area contributed by atoms with Crippen LogP contribution in [-0.4, -0.2) is 37.2 Å². The summed E-state index contributed by atoms with van der Waals surface area (Å²) in [5, 5.41) is 0. The molecule has 0 bridgehead atoms. The van der Waals surface area contributed by atoms with E-state index >= 15 is 0 Å². The van der Waals surface area contributed by atoms with Gasteiger partial charge < -0.3 is 9.72 Å². The number of hydrogen-bond donors (Lipinski definition) is 1. The van der Waals surface area contributed by atoms with Gasteiger partial charge in [0.25, 0.3) is 0 Å². The van der Waals surface area contributed by atoms with Crippen molar-refractivity contribution in [3.63, 3.8) is 0 Å². The number of ether oxygens (including phenoxy) is 1. The molecule has 0 amide bonds. The van der Waals surface area contributed by atoms with Gasteiger partial charge in [0, 0.05) is 11.8 Å². The number of imidazole rings is 1. The van der Waals surface area contributed by atoms with Crippen molar-refractivity contribution < 1.29 is 17.9 Å². The second kappa shape index (κ2) is 5.46. The smallest absolute Gasteiger partial charge is 0.357 e. The van der Waals surface area contributed by atoms with Gasteiger partial charge in [-0.2, -0.15) is 0 Å². The molecule has 0 saturated heterocycles. The number of carbonyl (C=O) groups is 1. The first-order chi connectivity index (χ1) is 9.43. The van der Waals surface area contributed by atoms with Crippen LogP contribution in [0.4, 0.5) is 0 Å². The summed E-state index contributed by atoms with van der Waals surface area (Å²) < 4.78 is 27.7. The zero-order valence-electron chi connectivity index (χ0n) is 11.1. The third-order valence-electron chi connectivity index (χ3n) is 2.67. The molecular weight excluding hydrogens is 280 g/mol. The van der Waals surface area contributed by atoms with E-state index in [4.69, 9.17) is 4.74 Å². The highest BCUT2D eigenvalue weighted by Crippen LogP contribution is 2.22. The number of rotatable bonds is 4. The van der Waals surface area contributed by atoms with Crippen molar-refractivity contribution in [2.75, 3.05) is 12.9 Å². The van der Waals surface area contributed by atoms with Gasteiger partial charge in [0.15, 0.2) is 15.5 Å². The third-order valence-corrected chi connectivity index (χ3v) is 3.80. The zero-order chi connectivity index (χ0) is 14.8. The fraction of sp³-hybridized carbons (Fsp3) is 0.231. The average molecular weight is 294 g/mol. The summed E-state index contributed by atoms with van der Waals surface area (Å²) in [5.41, 5.74) is 1.32. The Hall–Kier alpha value is -2.15. The minimum absolute atomic E-state index is 0.217. The third kappa shape index (κ3) is 2.88. The largest absolute Gasteiger partial charge is 0.461 e. The summed E-state index contributed by atoms with van der Waals surface area (Å²) in [7, 11) is -3.24. The first kappa shape index (κ1) is 14.3. The van der Waals surface area contributed by atoms with Gasteiger partial charge in [0.1, 0.15) is 5.69 Å². The van der Waals surface area contributed by atoms with E-state index in [0.29, 0.717) is 11.3 Å². The highest BCUT2D eigenvalue weighted by molar-refractivity contribution is 7.90. The summed E-state index contributed by atoms with van der Waals surface area (Å²) in [6.45, 7) is 1.99. The Kier molecular flexibility index (Phi) is 3.89. The molecule has 0 aliphatic rings. The van der Waals surface area contributed by atoms with Crippen LogP contribution >= 0.6 is 0 Å². The molecule has 106 valence electrons. The van der Waals surface area contributed by atoms with Gasteiger partial charge >= 0.3 is 5.97 Å². The minimum atomic E-state index is -3.24. The van der Waals surface area contributed by atoms with Crippen LogP contribution in [0.2, 0.25) is 0 Å². The van der Waals surface area contributed by atoms with Gasteiger partial charge in [-0.25, -0.2) is 18.2 Å². The number of nitrogens with one attached hydrogen (secondary N) is 1. The topological polar surface area (TPSA) is 89.1 Å². The normalized spacial score (nSPS) is 11.3. The first-order valence-corrected chi connectivity index (χ1v) is 7.83. The fourth-order valence-electron chi connectivity index (χ4n) is 1.73. The summed E-state index contributed by atoms with van der Waals surface area (Å²) in [4.78, 5) is 18.8. The van der Waals surface area contributed by atoms with Gasteiger partial charge in [0.05, 0.1) is 17.8 Å². The van der Waals surface area contributed by atoms with Gasteiger partial charge in [-0.1, -0.05) is 12.1 Å². The van der Waals surface area contributed by atoms with Crippen molar-refractivity contribution in [1.82, 2.24) is 9.97 Å². The molecule has 2 rings (SSSR count). The highest BCUT2D eigenvalue weighted by atomic mass is 32.2. The lowest BCUT2D eigenvalue weighted by Gasteiger charge is -2.04. The van der Waals surface area contributed by atoms with Crippen LogP contribution in [0.3, 0.4) is 0 Å². The van der Waals surface area contributed by atoms with Crippen molar-refractivity contribution in [2.24, 2.45) is 0 Å². The number of benzene rings is 1. The van der Waals surface area contributed by atoms with Crippen LogP contribution in [-0.2, 0) is 14.6 Å². The Morgan fingerprint density at radius 3 is 2.50 bits per heavy atom. The van der Waals surface area contributed by atoms with Crippen LogP contribution in [0.25, 0.3) is 11.3 Å². The van der Waals surface area contributed by atoms with E-state index in [-0.39, 0.29) is 17.2 Å². The van der Waals surface area contributed by atoms with Gasteiger partial charge in [-0.15, -0.1) is 0 Å². The molecule has 1 aromatic heterocycles. The summed E-state index contributed by atoms with van der Waals surface area (Å²) in [6, 6.07) is 6.17. The summed E-state index contributed by atoms with van der Waals surface area (Å²) in [6.07, 6.45) is 2.53. The number of aromatic nitrogens is 2. The zero-order valence-corrected chi connectivity index (χ0v) is 11.9. The van der Waals surface area contributed by atoms with Crippen LogP contribution < -0.4 is 0 Å². The van der Waals surface area contributed by atoms with E-state index in [9.17, 15) is 13.2 Å². The fourth-order valence-corrected chi connectivity index (χ4v) is 2.36. The van der Waals surface area contributed by atoms with Crippen LogP contribution in [0.15, 0.2) is 35.5 Å². The number of esters is 1. The maximum Gasteiger partial charge on any atom is 0.357 e. The Bertz CT molecular complexity index is 717. The molecule has 2 aromatic rings. The molecule has 0 spiro atoms. The standard InChI is InChI=1S/C13H14N2O4S/c1-3-19-13(16)12-11(14-8-15-12)9-4-6-10(7-5-9)20(2,17)18/h4-8H,3H2,1-2H3,(H,14,15). The molecule has 1 N–H and O–H groups in total. The predicted octanol–water partition coefficient (Wildman–Crippen LogP) is 1.66. The molecule has 0 aliphatic carbocycles. The molecule has 6 nitrogen and oxygen atoms in total.